The second-order valence-electron chi connectivity index (χ2n) is 5.17. The zero-order chi connectivity index (χ0) is 15.2. The van der Waals surface area contributed by atoms with E-state index in [1.54, 1.807) is 0 Å². The van der Waals surface area contributed by atoms with E-state index in [2.05, 4.69) is 30.4 Å². The van der Waals surface area contributed by atoms with Crippen molar-refractivity contribution in [3.8, 4) is 5.75 Å². The third-order valence-corrected chi connectivity index (χ3v) is 3.80. The third kappa shape index (κ3) is 3.90. The van der Waals surface area contributed by atoms with Crippen LogP contribution < -0.4 is 4.74 Å². The number of hydrogen-bond acceptors (Lipinski definition) is 1. The molecule has 0 saturated heterocycles. The Kier molecular flexibility index (Phi) is 4.77. The van der Waals surface area contributed by atoms with Crippen LogP contribution in [0.1, 0.15) is 11.5 Å². The van der Waals surface area contributed by atoms with Gasteiger partial charge in [0.25, 0.3) is 0 Å². The average molecular weight is 309 g/mol. The predicted octanol–water partition coefficient (Wildman–Crippen LogP) is 5.56. The summed E-state index contributed by atoms with van der Waals surface area (Å²) in [5, 5.41) is 0.750. The molecule has 2 aromatic rings. The lowest BCUT2D eigenvalue weighted by Gasteiger charge is -2.16. The maximum absolute atomic E-state index is 5.99. The zero-order valence-electron chi connectivity index (χ0n) is 12.2. The second kappa shape index (κ2) is 7.15. The molecule has 110 valence electrons. The van der Waals surface area contributed by atoms with Gasteiger partial charge in [-0.15, -0.1) is 0 Å². The van der Waals surface area contributed by atoms with Crippen molar-refractivity contribution in [1.82, 2.24) is 0 Å². The van der Waals surface area contributed by atoms with Gasteiger partial charge in [-0.2, -0.15) is 0 Å². The topological polar surface area (TPSA) is 9.23 Å². The number of hydrogen-bond donors (Lipinski definition) is 0. The Morgan fingerprint density at radius 3 is 2.27 bits per heavy atom. The fraction of sp³-hybridized carbons (Fsp3) is 0.100. The Labute approximate surface area is 136 Å². The van der Waals surface area contributed by atoms with Crippen molar-refractivity contribution in [2.75, 3.05) is 6.61 Å². The largest absolute Gasteiger partial charge is 0.493 e. The molecule has 0 N–H and O–H groups in total. The molecule has 1 unspecified atom stereocenters. The normalized spacial score (nSPS) is 14.1. The minimum absolute atomic E-state index is 0.180. The van der Waals surface area contributed by atoms with Crippen LogP contribution in [0.15, 0.2) is 90.6 Å². The lowest BCUT2D eigenvalue weighted by atomic mass is 9.97. The number of halogens is 1. The number of ether oxygens (including phenoxy) is 1. The molecule has 0 aromatic heterocycles. The van der Waals surface area contributed by atoms with E-state index in [1.165, 1.54) is 11.1 Å². The molecule has 0 radical (unpaired) electrons. The van der Waals surface area contributed by atoms with E-state index in [0.717, 1.165) is 10.8 Å². The first-order valence-electron chi connectivity index (χ1n) is 7.31. The Hall–Kier alpha value is -2.25. The maximum atomic E-state index is 5.99. The first-order valence-corrected chi connectivity index (χ1v) is 7.69. The van der Waals surface area contributed by atoms with Crippen molar-refractivity contribution >= 4 is 11.6 Å². The van der Waals surface area contributed by atoms with Gasteiger partial charge in [-0.3, -0.25) is 0 Å². The smallest absolute Gasteiger partial charge is 0.119 e. The average Bonchev–Trinajstić information content (AvgIpc) is 3.06. The van der Waals surface area contributed by atoms with Crippen LogP contribution in [-0.4, -0.2) is 6.61 Å². The van der Waals surface area contributed by atoms with Gasteiger partial charge in [0.05, 0.1) is 6.61 Å². The zero-order valence-corrected chi connectivity index (χ0v) is 12.9. The van der Waals surface area contributed by atoms with Gasteiger partial charge < -0.3 is 4.74 Å². The van der Waals surface area contributed by atoms with Crippen LogP contribution in [-0.2, 0) is 0 Å². The van der Waals surface area contributed by atoms with Crippen molar-refractivity contribution in [3.05, 3.63) is 101 Å². The van der Waals surface area contributed by atoms with Crippen LogP contribution in [0.2, 0.25) is 5.02 Å². The van der Waals surface area contributed by atoms with Crippen LogP contribution in [0.3, 0.4) is 0 Å². The van der Waals surface area contributed by atoms with Crippen molar-refractivity contribution in [3.63, 3.8) is 0 Å². The summed E-state index contributed by atoms with van der Waals surface area (Å²) >= 11 is 5.99. The molecule has 0 bridgehead atoms. The lowest BCUT2D eigenvalue weighted by molar-refractivity contribution is 0.306. The van der Waals surface area contributed by atoms with Gasteiger partial charge in [0.2, 0.25) is 0 Å². The molecule has 0 saturated carbocycles. The molecule has 0 fully saturated rings. The molecule has 22 heavy (non-hydrogen) atoms. The van der Waals surface area contributed by atoms with E-state index < -0.39 is 0 Å². The summed E-state index contributed by atoms with van der Waals surface area (Å²) in [5.41, 5.74) is 2.40. The minimum atomic E-state index is 0.180. The van der Waals surface area contributed by atoms with Crippen molar-refractivity contribution in [1.29, 1.82) is 0 Å². The summed E-state index contributed by atoms with van der Waals surface area (Å²) in [6.07, 6.45) is 10.5. The highest BCUT2D eigenvalue weighted by Gasteiger charge is 2.11. The summed E-state index contributed by atoms with van der Waals surface area (Å²) < 4.78 is 5.94. The first-order chi connectivity index (χ1) is 10.8. The van der Waals surface area contributed by atoms with Crippen LogP contribution in [0.5, 0.6) is 5.75 Å². The van der Waals surface area contributed by atoms with Crippen LogP contribution >= 0.6 is 11.6 Å². The molecule has 2 heteroatoms. The second-order valence-corrected chi connectivity index (χ2v) is 5.60. The summed E-state index contributed by atoms with van der Waals surface area (Å²) in [7, 11) is 0. The quantitative estimate of drug-likeness (QED) is 0.703. The van der Waals surface area contributed by atoms with Crippen LogP contribution in [0.4, 0.5) is 0 Å². The van der Waals surface area contributed by atoms with Crippen molar-refractivity contribution in [2.24, 2.45) is 0 Å². The third-order valence-electron chi connectivity index (χ3n) is 3.55. The predicted molar refractivity (Wildman–Crippen MR) is 92.5 cm³/mol. The van der Waals surface area contributed by atoms with Crippen LogP contribution in [0.25, 0.3) is 0 Å². The Balaban J connectivity index is 1.79. The standard InChI is InChI=1S/C20H17ClO/c21-19-12-10-17(11-13-19)18(14-16-6-4-5-7-16)15-22-20-8-2-1-3-9-20/h1-14,18H,15H2. The molecule has 1 nitrogen and oxygen atoms in total. The van der Waals surface area contributed by atoms with E-state index >= 15 is 0 Å². The van der Waals surface area contributed by atoms with E-state index in [1.807, 2.05) is 54.6 Å². The highest BCUT2D eigenvalue weighted by Crippen LogP contribution is 2.24. The van der Waals surface area contributed by atoms with Crippen molar-refractivity contribution < 1.29 is 4.74 Å². The lowest BCUT2D eigenvalue weighted by Crippen LogP contribution is -2.08. The van der Waals surface area contributed by atoms with E-state index in [0.29, 0.717) is 6.61 Å². The number of para-hydroxylation sites is 1. The number of rotatable bonds is 5. The summed E-state index contributed by atoms with van der Waals surface area (Å²) in [6.45, 7) is 0.594. The summed E-state index contributed by atoms with van der Waals surface area (Å²) in [6, 6.07) is 17.8. The van der Waals surface area contributed by atoms with E-state index in [9.17, 15) is 0 Å². The fourth-order valence-electron chi connectivity index (χ4n) is 2.39. The molecular formula is C20H17ClO. The Morgan fingerprint density at radius 2 is 1.59 bits per heavy atom. The first kappa shape index (κ1) is 14.7. The van der Waals surface area contributed by atoms with Gasteiger partial charge >= 0.3 is 0 Å². The highest BCUT2D eigenvalue weighted by molar-refractivity contribution is 6.30. The molecule has 1 atom stereocenters. The minimum Gasteiger partial charge on any atom is -0.493 e. The number of benzene rings is 2. The fourth-order valence-corrected chi connectivity index (χ4v) is 2.51. The Bertz CT molecular complexity index is 682. The SMILES string of the molecule is Clc1ccc(C(C=C2C=CC=C2)COc2ccccc2)cc1. The van der Waals surface area contributed by atoms with Gasteiger partial charge in [-0.1, -0.05) is 72.3 Å². The molecule has 0 amide bonds. The molecular weight excluding hydrogens is 292 g/mol. The van der Waals surface area contributed by atoms with Crippen LogP contribution in [0, 0.1) is 0 Å². The van der Waals surface area contributed by atoms with Crippen molar-refractivity contribution in [2.45, 2.75) is 5.92 Å². The monoisotopic (exact) mass is 308 g/mol. The van der Waals surface area contributed by atoms with Gasteiger partial charge in [0, 0.05) is 10.9 Å². The molecule has 0 spiro atoms. The van der Waals surface area contributed by atoms with Gasteiger partial charge in [-0.05, 0) is 35.4 Å². The molecule has 3 rings (SSSR count). The van der Waals surface area contributed by atoms with E-state index in [-0.39, 0.29) is 5.92 Å². The molecule has 1 aliphatic rings. The van der Waals surface area contributed by atoms with Gasteiger partial charge in [0.1, 0.15) is 5.75 Å². The van der Waals surface area contributed by atoms with E-state index in [4.69, 9.17) is 16.3 Å². The molecule has 1 aliphatic carbocycles. The summed E-state index contributed by atoms with van der Waals surface area (Å²) in [5.74, 6) is 1.07. The molecule has 0 heterocycles. The molecule has 0 aliphatic heterocycles. The van der Waals surface area contributed by atoms with Gasteiger partial charge in [-0.25, -0.2) is 0 Å². The highest BCUT2D eigenvalue weighted by atomic mass is 35.5. The maximum Gasteiger partial charge on any atom is 0.119 e. The number of allylic oxidation sites excluding steroid dienone is 5. The van der Waals surface area contributed by atoms with Gasteiger partial charge in [0.15, 0.2) is 0 Å². The molecule has 2 aromatic carbocycles. The Morgan fingerprint density at radius 1 is 0.909 bits per heavy atom. The summed E-state index contributed by atoms with van der Waals surface area (Å²) in [4.78, 5) is 0.